The van der Waals surface area contributed by atoms with Crippen LogP contribution in [0.15, 0.2) is 48.5 Å². The van der Waals surface area contributed by atoms with E-state index in [1.165, 1.54) is 33.9 Å². The van der Waals surface area contributed by atoms with Crippen molar-refractivity contribution in [1.82, 2.24) is 19.6 Å². The minimum Gasteiger partial charge on any atom is -0.365 e. The number of piperazine rings is 1. The van der Waals surface area contributed by atoms with Crippen molar-refractivity contribution in [2.45, 2.75) is 46.1 Å². The largest absolute Gasteiger partial charge is 0.365 e. The van der Waals surface area contributed by atoms with Gasteiger partial charge < -0.3 is 9.80 Å². The first kappa shape index (κ1) is 20.2. The molecule has 0 bridgehead atoms. The van der Waals surface area contributed by atoms with E-state index in [4.69, 9.17) is 15.1 Å². The van der Waals surface area contributed by atoms with Gasteiger partial charge in [0.05, 0.1) is 5.69 Å². The molecule has 0 amide bonds. The number of rotatable bonds is 3. The second kappa shape index (κ2) is 7.87. The van der Waals surface area contributed by atoms with Crippen LogP contribution < -0.4 is 9.80 Å². The van der Waals surface area contributed by atoms with Crippen LogP contribution in [0.3, 0.4) is 0 Å². The molecule has 6 nitrogen and oxygen atoms in total. The number of aromatic nitrogens is 4. The Morgan fingerprint density at radius 1 is 0.909 bits per heavy atom. The van der Waals surface area contributed by atoms with Crippen molar-refractivity contribution < 1.29 is 0 Å². The third-order valence-electron chi connectivity index (χ3n) is 7.05. The summed E-state index contributed by atoms with van der Waals surface area (Å²) in [4.78, 5) is 14.8. The van der Waals surface area contributed by atoms with E-state index in [1.807, 2.05) is 4.52 Å². The van der Waals surface area contributed by atoms with Crippen LogP contribution >= 0.6 is 0 Å². The maximum Gasteiger partial charge on any atom is 0.254 e. The molecule has 168 valence electrons. The summed E-state index contributed by atoms with van der Waals surface area (Å²) in [6.45, 7) is 9.50. The Kier molecular flexibility index (Phi) is 4.82. The Morgan fingerprint density at radius 2 is 1.76 bits per heavy atom. The molecule has 0 N–H and O–H groups in total. The van der Waals surface area contributed by atoms with Gasteiger partial charge in [0.15, 0.2) is 5.82 Å². The Bertz CT molecular complexity index is 1320. The Morgan fingerprint density at radius 3 is 2.55 bits per heavy atom. The van der Waals surface area contributed by atoms with E-state index < -0.39 is 0 Å². The van der Waals surface area contributed by atoms with Gasteiger partial charge in [-0.2, -0.15) is 9.50 Å². The number of anilines is 2. The predicted octanol–water partition coefficient (Wildman–Crippen LogP) is 4.61. The zero-order chi connectivity index (χ0) is 22.5. The van der Waals surface area contributed by atoms with Crippen LogP contribution in [0.25, 0.3) is 17.2 Å². The second-order valence-electron chi connectivity index (χ2n) is 9.55. The van der Waals surface area contributed by atoms with Crippen molar-refractivity contribution in [2.75, 3.05) is 29.4 Å². The normalized spacial score (nSPS) is 18.2. The summed E-state index contributed by atoms with van der Waals surface area (Å²) in [7, 11) is 0. The van der Waals surface area contributed by atoms with Gasteiger partial charge in [-0.15, -0.1) is 5.10 Å². The van der Waals surface area contributed by atoms with Gasteiger partial charge in [-0.05, 0) is 57.7 Å². The minimum absolute atomic E-state index is 0.404. The van der Waals surface area contributed by atoms with Gasteiger partial charge in [0.1, 0.15) is 5.82 Å². The Hall–Kier alpha value is -3.41. The molecule has 2 aromatic carbocycles. The lowest BCUT2D eigenvalue weighted by atomic mass is 10.1. The molecule has 6 rings (SSSR count). The number of nitrogens with zero attached hydrogens (tertiary/aromatic N) is 6. The third-order valence-corrected chi connectivity index (χ3v) is 7.05. The molecule has 4 aromatic rings. The van der Waals surface area contributed by atoms with Gasteiger partial charge in [-0.1, -0.05) is 42.0 Å². The van der Waals surface area contributed by atoms with Gasteiger partial charge >= 0.3 is 0 Å². The SMILES string of the molecule is Cc1ccc(-c2nc3nc4c(c(N5CCN(c6cccc(C)c6)[C@H](C)C5)n3n2)CCC4)cc1. The van der Waals surface area contributed by atoms with E-state index >= 15 is 0 Å². The maximum absolute atomic E-state index is 4.97. The maximum atomic E-state index is 4.97. The molecule has 2 aliphatic rings. The molecular formula is C27H30N6. The number of hydrogen-bond acceptors (Lipinski definition) is 5. The molecule has 1 aliphatic heterocycles. The fourth-order valence-electron chi connectivity index (χ4n) is 5.35. The summed E-state index contributed by atoms with van der Waals surface area (Å²) in [5.74, 6) is 2.67. The summed E-state index contributed by atoms with van der Waals surface area (Å²) in [5, 5.41) is 4.97. The molecular weight excluding hydrogens is 408 g/mol. The first-order valence-electron chi connectivity index (χ1n) is 12.0. The molecule has 1 saturated heterocycles. The van der Waals surface area contributed by atoms with Crippen LogP contribution in [-0.4, -0.2) is 45.3 Å². The quantitative estimate of drug-likeness (QED) is 0.467. The van der Waals surface area contributed by atoms with E-state index in [0.717, 1.165) is 56.1 Å². The molecule has 1 aliphatic carbocycles. The van der Waals surface area contributed by atoms with E-state index in [1.54, 1.807) is 0 Å². The number of aryl methyl sites for hydroxylation is 3. The highest BCUT2D eigenvalue weighted by Gasteiger charge is 2.30. The minimum atomic E-state index is 0.404. The first-order valence-corrected chi connectivity index (χ1v) is 12.0. The second-order valence-corrected chi connectivity index (χ2v) is 9.55. The highest BCUT2D eigenvalue weighted by Crippen LogP contribution is 2.33. The summed E-state index contributed by atoms with van der Waals surface area (Å²) >= 11 is 0. The molecule has 0 radical (unpaired) electrons. The monoisotopic (exact) mass is 438 g/mol. The van der Waals surface area contributed by atoms with Crippen LogP contribution in [0.5, 0.6) is 0 Å². The molecule has 0 spiro atoms. The average molecular weight is 439 g/mol. The van der Waals surface area contributed by atoms with E-state index in [0.29, 0.717) is 6.04 Å². The molecule has 1 fully saturated rings. The van der Waals surface area contributed by atoms with Crippen molar-refractivity contribution in [3.05, 3.63) is 70.9 Å². The summed E-state index contributed by atoms with van der Waals surface area (Å²) in [6.07, 6.45) is 3.26. The first-order chi connectivity index (χ1) is 16.1. The highest BCUT2D eigenvalue weighted by atomic mass is 15.4. The molecule has 33 heavy (non-hydrogen) atoms. The van der Waals surface area contributed by atoms with Crippen molar-refractivity contribution in [1.29, 1.82) is 0 Å². The fourth-order valence-corrected chi connectivity index (χ4v) is 5.35. The van der Waals surface area contributed by atoms with Gasteiger partial charge in [-0.25, -0.2) is 4.98 Å². The zero-order valence-corrected chi connectivity index (χ0v) is 19.6. The summed E-state index contributed by atoms with van der Waals surface area (Å²) in [5.41, 5.74) is 7.46. The van der Waals surface area contributed by atoms with Gasteiger partial charge in [0, 0.05) is 42.5 Å². The van der Waals surface area contributed by atoms with Crippen molar-refractivity contribution in [3.8, 4) is 11.4 Å². The van der Waals surface area contributed by atoms with Crippen LogP contribution in [-0.2, 0) is 12.8 Å². The lowest BCUT2D eigenvalue weighted by Gasteiger charge is -2.42. The Labute approximate surface area is 194 Å². The van der Waals surface area contributed by atoms with Gasteiger partial charge in [-0.3, -0.25) is 0 Å². The predicted molar refractivity (Wildman–Crippen MR) is 133 cm³/mol. The summed E-state index contributed by atoms with van der Waals surface area (Å²) in [6, 6.07) is 17.7. The van der Waals surface area contributed by atoms with Crippen LogP contribution in [0, 0.1) is 13.8 Å². The van der Waals surface area contributed by atoms with Crippen LogP contribution in [0.4, 0.5) is 11.5 Å². The average Bonchev–Trinajstić information content (AvgIpc) is 3.44. The summed E-state index contributed by atoms with van der Waals surface area (Å²) < 4.78 is 2.01. The van der Waals surface area contributed by atoms with Crippen molar-refractivity contribution >= 4 is 17.3 Å². The van der Waals surface area contributed by atoms with E-state index in [-0.39, 0.29) is 0 Å². The number of benzene rings is 2. The molecule has 0 saturated carbocycles. The van der Waals surface area contributed by atoms with Gasteiger partial charge in [0.2, 0.25) is 0 Å². The van der Waals surface area contributed by atoms with Crippen LogP contribution in [0.2, 0.25) is 0 Å². The van der Waals surface area contributed by atoms with Crippen molar-refractivity contribution in [3.63, 3.8) is 0 Å². The molecule has 6 heteroatoms. The lowest BCUT2D eigenvalue weighted by molar-refractivity contribution is 0.542. The highest BCUT2D eigenvalue weighted by molar-refractivity contribution is 5.63. The molecule has 3 heterocycles. The number of hydrogen-bond donors (Lipinski definition) is 0. The standard InChI is InChI=1S/C27H30N6/c1-18-10-12-21(13-11-18)25-29-27-28-24-9-5-8-23(24)26(33(27)30-25)31-14-15-32(20(3)17-31)22-7-4-6-19(2)16-22/h4,6-7,10-13,16,20H,5,8-9,14-15,17H2,1-3H3/t20-/m1/s1. The van der Waals surface area contributed by atoms with E-state index in [9.17, 15) is 0 Å². The topological polar surface area (TPSA) is 49.6 Å². The van der Waals surface area contributed by atoms with Crippen LogP contribution in [0.1, 0.15) is 35.7 Å². The van der Waals surface area contributed by atoms with Gasteiger partial charge in [0.25, 0.3) is 5.78 Å². The molecule has 1 atom stereocenters. The molecule has 2 aromatic heterocycles. The molecule has 0 unspecified atom stereocenters. The zero-order valence-electron chi connectivity index (χ0n) is 19.6. The van der Waals surface area contributed by atoms with Crippen molar-refractivity contribution in [2.24, 2.45) is 0 Å². The lowest BCUT2D eigenvalue weighted by Crippen LogP contribution is -2.53. The smallest absolute Gasteiger partial charge is 0.254 e. The van der Waals surface area contributed by atoms with E-state index in [2.05, 4.69) is 79.1 Å². The third kappa shape index (κ3) is 3.54. The number of fused-ring (bicyclic) bond motifs is 2. The Balaban J connectivity index is 1.38. The fraction of sp³-hybridized carbons (Fsp3) is 0.370.